The van der Waals surface area contributed by atoms with Gasteiger partial charge >= 0.3 is 12.1 Å². The van der Waals surface area contributed by atoms with Crippen LogP contribution in [0.25, 0.3) is 0 Å². The van der Waals surface area contributed by atoms with Gasteiger partial charge in [0.25, 0.3) is 0 Å². The molecule has 0 fully saturated rings. The largest absolute Gasteiger partial charge is 0.480 e. The van der Waals surface area contributed by atoms with E-state index in [0.29, 0.717) is 0 Å². The van der Waals surface area contributed by atoms with E-state index in [0.717, 1.165) is 11.1 Å². The molecule has 0 radical (unpaired) electrons. The van der Waals surface area contributed by atoms with E-state index >= 15 is 0 Å². The van der Waals surface area contributed by atoms with E-state index < -0.39 is 24.0 Å². The summed E-state index contributed by atoms with van der Waals surface area (Å²) in [5.74, 6) is -1.79. The van der Waals surface area contributed by atoms with Gasteiger partial charge in [-0.25, -0.2) is 9.59 Å². The van der Waals surface area contributed by atoms with Crippen LogP contribution in [0.4, 0.5) is 4.79 Å². The normalized spacial score (nSPS) is 11.2. The van der Waals surface area contributed by atoms with E-state index in [1.165, 1.54) is 0 Å². The SMILES string of the molecule is O=C(C[C@H](NC(=O)OCc1ccccc1)C(=O)O)NCc1ccccc1. The number of hydrogen-bond acceptors (Lipinski definition) is 4. The first-order valence-electron chi connectivity index (χ1n) is 8.05. The Morgan fingerprint density at radius 2 is 1.50 bits per heavy atom. The second-order valence-corrected chi connectivity index (χ2v) is 5.56. The molecular formula is C19H20N2O5. The van der Waals surface area contributed by atoms with Gasteiger partial charge in [-0.1, -0.05) is 60.7 Å². The lowest BCUT2D eigenvalue weighted by Gasteiger charge is -2.14. The van der Waals surface area contributed by atoms with Gasteiger partial charge in [0.2, 0.25) is 5.91 Å². The van der Waals surface area contributed by atoms with Gasteiger partial charge < -0.3 is 20.5 Å². The van der Waals surface area contributed by atoms with Crippen LogP contribution in [-0.4, -0.2) is 29.1 Å². The number of carbonyl (C=O) groups excluding carboxylic acids is 2. The van der Waals surface area contributed by atoms with Gasteiger partial charge in [0.05, 0.1) is 6.42 Å². The maximum absolute atomic E-state index is 11.9. The molecule has 0 saturated heterocycles. The van der Waals surface area contributed by atoms with Crippen molar-refractivity contribution in [1.82, 2.24) is 10.6 Å². The number of nitrogens with one attached hydrogen (secondary N) is 2. The fraction of sp³-hybridized carbons (Fsp3) is 0.211. The maximum Gasteiger partial charge on any atom is 0.408 e. The Hall–Kier alpha value is -3.35. The van der Waals surface area contributed by atoms with E-state index in [1.54, 1.807) is 24.3 Å². The number of carboxylic acids is 1. The lowest BCUT2D eigenvalue weighted by atomic mass is 10.2. The topological polar surface area (TPSA) is 105 Å². The molecule has 0 heterocycles. The molecule has 2 rings (SSSR count). The predicted molar refractivity (Wildman–Crippen MR) is 94.1 cm³/mol. The van der Waals surface area contributed by atoms with Crippen molar-refractivity contribution in [3.63, 3.8) is 0 Å². The Labute approximate surface area is 151 Å². The van der Waals surface area contributed by atoms with Gasteiger partial charge in [0, 0.05) is 6.54 Å². The highest BCUT2D eigenvalue weighted by Crippen LogP contribution is 2.02. The standard InChI is InChI=1S/C19H20N2O5/c22-17(20-12-14-7-3-1-4-8-14)11-16(18(23)24)21-19(25)26-13-15-9-5-2-6-10-15/h1-10,16H,11-13H2,(H,20,22)(H,21,25)(H,23,24)/t16-/m0/s1. The molecule has 0 spiro atoms. The third kappa shape index (κ3) is 6.64. The molecule has 0 aliphatic carbocycles. The van der Waals surface area contributed by atoms with Crippen molar-refractivity contribution in [3.05, 3.63) is 71.8 Å². The van der Waals surface area contributed by atoms with E-state index in [-0.39, 0.29) is 19.6 Å². The molecule has 0 saturated carbocycles. The second-order valence-electron chi connectivity index (χ2n) is 5.56. The quantitative estimate of drug-likeness (QED) is 0.672. The van der Waals surface area contributed by atoms with Crippen LogP contribution in [-0.2, 0) is 27.5 Å². The third-order valence-electron chi connectivity index (χ3n) is 3.52. The van der Waals surface area contributed by atoms with Crippen molar-refractivity contribution >= 4 is 18.0 Å². The fourth-order valence-corrected chi connectivity index (χ4v) is 2.16. The van der Waals surface area contributed by atoms with E-state index in [4.69, 9.17) is 4.74 Å². The minimum atomic E-state index is -1.37. The first kappa shape index (κ1) is 19.0. The van der Waals surface area contributed by atoms with E-state index in [1.807, 2.05) is 36.4 Å². The summed E-state index contributed by atoms with van der Waals surface area (Å²) in [7, 11) is 0. The van der Waals surface area contributed by atoms with Gasteiger partial charge in [-0.2, -0.15) is 0 Å². The molecule has 0 unspecified atom stereocenters. The van der Waals surface area contributed by atoms with Crippen LogP contribution >= 0.6 is 0 Å². The number of carbonyl (C=O) groups is 3. The van der Waals surface area contributed by atoms with Crippen LogP contribution in [0.3, 0.4) is 0 Å². The molecule has 2 aromatic carbocycles. The zero-order valence-corrected chi connectivity index (χ0v) is 14.1. The first-order valence-corrected chi connectivity index (χ1v) is 8.05. The van der Waals surface area contributed by atoms with Gasteiger partial charge in [0.15, 0.2) is 0 Å². The molecule has 1 atom stereocenters. The van der Waals surface area contributed by atoms with Crippen molar-refractivity contribution in [2.24, 2.45) is 0 Å². The number of rotatable bonds is 8. The lowest BCUT2D eigenvalue weighted by Crippen LogP contribution is -2.44. The summed E-state index contributed by atoms with van der Waals surface area (Å²) in [4.78, 5) is 35.0. The zero-order chi connectivity index (χ0) is 18.8. The number of benzene rings is 2. The number of aliphatic carboxylic acids is 1. The highest BCUT2D eigenvalue weighted by Gasteiger charge is 2.23. The minimum absolute atomic E-state index is 0.0131. The summed E-state index contributed by atoms with van der Waals surface area (Å²) in [6.45, 7) is 0.295. The van der Waals surface area contributed by atoms with Crippen LogP contribution in [0, 0.1) is 0 Å². The molecule has 0 aliphatic heterocycles. The van der Waals surface area contributed by atoms with Crippen molar-refractivity contribution in [2.45, 2.75) is 25.6 Å². The average Bonchev–Trinajstić information content (AvgIpc) is 2.66. The summed E-state index contributed by atoms with van der Waals surface area (Å²) < 4.78 is 4.97. The number of amides is 2. The maximum atomic E-state index is 11.9. The summed E-state index contributed by atoms with van der Waals surface area (Å²) >= 11 is 0. The van der Waals surface area contributed by atoms with Gasteiger partial charge in [-0.15, -0.1) is 0 Å². The summed E-state index contributed by atoms with van der Waals surface area (Å²) in [5.41, 5.74) is 1.66. The fourth-order valence-electron chi connectivity index (χ4n) is 2.16. The molecular weight excluding hydrogens is 336 g/mol. The molecule has 136 valence electrons. The Bertz CT molecular complexity index is 677. The van der Waals surface area contributed by atoms with Crippen molar-refractivity contribution < 1.29 is 24.2 Å². The van der Waals surface area contributed by atoms with Crippen LogP contribution < -0.4 is 10.6 Å². The third-order valence-corrected chi connectivity index (χ3v) is 3.52. The number of ether oxygens (including phenoxy) is 1. The molecule has 7 heteroatoms. The average molecular weight is 356 g/mol. The predicted octanol–water partition coefficient (Wildman–Crippen LogP) is 2.07. The van der Waals surface area contributed by atoms with Crippen molar-refractivity contribution in [3.8, 4) is 0 Å². The van der Waals surface area contributed by atoms with Gasteiger partial charge in [-0.3, -0.25) is 4.79 Å². The van der Waals surface area contributed by atoms with Crippen LogP contribution in [0.15, 0.2) is 60.7 Å². The number of hydrogen-bond donors (Lipinski definition) is 3. The van der Waals surface area contributed by atoms with E-state index in [2.05, 4.69) is 10.6 Å². The number of carboxylic acid groups (broad SMARTS) is 1. The summed E-state index contributed by atoms with van der Waals surface area (Å²) in [6, 6.07) is 16.8. The monoisotopic (exact) mass is 356 g/mol. The summed E-state index contributed by atoms with van der Waals surface area (Å²) in [6.07, 6.45) is -1.28. The Morgan fingerprint density at radius 1 is 0.923 bits per heavy atom. The molecule has 7 nitrogen and oxygen atoms in total. The van der Waals surface area contributed by atoms with Crippen molar-refractivity contribution in [1.29, 1.82) is 0 Å². The molecule has 3 N–H and O–H groups in total. The minimum Gasteiger partial charge on any atom is -0.480 e. The number of alkyl carbamates (subject to hydrolysis) is 1. The Kier molecular flexibility index (Phi) is 7.17. The smallest absolute Gasteiger partial charge is 0.408 e. The molecule has 2 amide bonds. The molecule has 0 aromatic heterocycles. The van der Waals surface area contributed by atoms with Gasteiger partial charge in [0.1, 0.15) is 12.6 Å². The van der Waals surface area contributed by atoms with Crippen LogP contribution in [0.5, 0.6) is 0 Å². The van der Waals surface area contributed by atoms with Crippen LogP contribution in [0.1, 0.15) is 17.5 Å². The molecule has 26 heavy (non-hydrogen) atoms. The highest BCUT2D eigenvalue weighted by molar-refractivity contribution is 5.87. The van der Waals surface area contributed by atoms with Crippen LogP contribution in [0.2, 0.25) is 0 Å². The van der Waals surface area contributed by atoms with Gasteiger partial charge in [-0.05, 0) is 11.1 Å². The highest BCUT2D eigenvalue weighted by atomic mass is 16.5. The Balaban J connectivity index is 1.78. The first-order chi connectivity index (χ1) is 12.5. The molecule has 0 aliphatic rings. The van der Waals surface area contributed by atoms with E-state index in [9.17, 15) is 19.5 Å². The van der Waals surface area contributed by atoms with Crippen molar-refractivity contribution in [2.75, 3.05) is 0 Å². The zero-order valence-electron chi connectivity index (χ0n) is 14.1. The molecule has 0 bridgehead atoms. The molecule has 2 aromatic rings. The summed E-state index contributed by atoms with van der Waals surface area (Å²) in [5, 5.41) is 14.0. The Morgan fingerprint density at radius 3 is 2.08 bits per heavy atom. The second kappa shape index (κ2) is 9.83. The lowest BCUT2D eigenvalue weighted by molar-refractivity contribution is -0.141.